The monoisotopic (exact) mass is 285 g/mol. The molecule has 0 aliphatic heterocycles. The molecule has 0 bridgehead atoms. The molecule has 3 unspecified atom stereocenters. The Morgan fingerprint density at radius 3 is 2.76 bits per heavy atom. The molecule has 3 rings (SSSR count). The predicted molar refractivity (Wildman–Crippen MR) is 85.2 cm³/mol. The number of aromatic nitrogens is 1. The lowest BCUT2D eigenvalue weighted by atomic mass is 9.59. The Bertz CT molecular complexity index is 534. The van der Waals surface area contributed by atoms with Gasteiger partial charge in [0.1, 0.15) is 5.78 Å². The van der Waals surface area contributed by atoms with E-state index in [0.717, 1.165) is 19.3 Å². The number of pyridine rings is 1. The van der Waals surface area contributed by atoms with Gasteiger partial charge in [-0.25, -0.2) is 0 Å². The second-order valence-electron chi connectivity index (χ2n) is 7.72. The molecule has 21 heavy (non-hydrogen) atoms. The van der Waals surface area contributed by atoms with E-state index in [4.69, 9.17) is 4.98 Å². The quantitative estimate of drug-likeness (QED) is 0.799. The number of carbonyl (C=O) groups is 1. The molecule has 2 nitrogen and oxygen atoms in total. The maximum Gasteiger partial charge on any atom is 0.136 e. The number of nitrogens with zero attached hydrogens (tertiary/aromatic N) is 1. The van der Waals surface area contributed by atoms with Crippen molar-refractivity contribution in [2.24, 2.45) is 17.3 Å². The van der Waals surface area contributed by atoms with E-state index in [9.17, 15) is 4.79 Å². The fraction of sp³-hybridized carbons (Fsp3) is 0.684. The number of carbonyl (C=O) groups excluding carboxylic acids is 1. The van der Waals surface area contributed by atoms with E-state index in [0.29, 0.717) is 17.6 Å². The van der Waals surface area contributed by atoms with Crippen LogP contribution in [0.25, 0.3) is 0 Å². The molecule has 2 heteroatoms. The van der Waals surface area contributed by atoms with Gasteiger partial charge in [-0.2, -0.15) is 0 Å². The Morgan fingerprint density at radius 1 is 1.19 bits per heavy atom. The SMILES string of the molecule is CC1CCC(C(C)(C)C2CCCc3cccnc32)C(=O)C1. The summed E-state index contributed by atoms with van der Waals surface area (Å²) in [5.74, 6) is 1.71. The fourth-order valence-electron chi connectivity index (χ4n) is 4.56. The van der Waals surface area contributed by atoms with Crippen LogP contribution < -0.4 is 0 Å². The van der Waals surface area contributed by atoms with Crippen molar-refractivity contribution in [2.75, 3.05) is 0 Å². The van der Waals surface area contributed by atoms with Crippen LogP contribution in [0.15, 0.2) is 18.3 Å². The van der Waals surface area contributed by atoms with Crippen molar-refractivity contribution in [3.63, 3.8) is 0 Å². The van der Waals surface area contributed by atoms with Crippen molar-refractivity contribution in [1.82, 2.24) is 4.98 Å². The summed E-state index contributed by atoms with van der Waals surface area (Å²) in [5.41, 5.74) is 2.69. The lowest BCUT2D eigenvalue weighted by Crippen LogP contribution is -2.40. The van der Waals surface area contributed by atoms with E-state index in [-0.39, 0.29) is 11.3 Å². The highest BCUT2D eigenvalue weighted by atomic mass is 16.1. The van der Waals surface area contributed by atoms with E-state index in [2.05, 4.69) is 26.8 Å². The zero-order valence-corrected chi connectivity index (χ0v) is 13.6. The lowest BCUT2D eigenvalue weighted by Gasteiger charge is -2.44. The van der Waals surface area contributed by atoms with Crippen LogP contribution in [0.2, 0.25) is 0 Å². The summed E-state index contributed by atoms with van der Waals surface area (Å²) in [6.45, 7) is 6.82. The minimum absolute atomic E-state index is 0.0285. The number of rotatable bonds is 2. The second kappa shape index (κ2) is 5.55. The summed E-state index contributed by atoms with van der Waals surface area (Å²) in [4.78, 5) is 17.3. The van der Waals surface area contributed by atoms with Crippen LogP contribution in [0, 0.1) is 17.3 Å². The van der Waals surface area contributed by atoms with Gasteiger partial charge in [0.15, 0.2) is 0 Å². The average molecular weight is 285 g/mol. The smallest absolute Gasteiger partial charge is 0.136 e. The van der Waals surface area contributed by atoms with E-state index in [1.54, 1.807) is 0 Å². The van der Waals surface area contributed by atoms with Gasteiger partial charge in [-0.1, -0.05) is 26.8 Å². The van der Waals surface area contributed by atoms with Crippen molar-refractivity contribution < 1.29 is 4.79 Å². The second-order valence-corrected chi connectivity index (χ2v) is 7.72. The van der Waals surface area contributed by atoms with Gasteiger partial charge in [0.25, 0.3) is 0 Å². The molecular weight excluding hydrogens is 258 g/mol. The van der Waals surface area contributed by atoms with Crippen molar-refractivity contribution in [3.05, 3.63) is 29.6 Å². The Hall–Kier alpha value is -1.18. The molecule has 1 fully saturated rings. The first-order valence-corrected chi connectivity index (χ1v) is 8.46. The van der Waals surface area contributed by atoms with E-state index in [1.807, 2.05) is 12.3 Å². The van der Waals surface area contributed by atoms with Crippen molar-refractivity contribution in [2.45, 2.75) is 65.2 Å². The zero-order valence-electron chi connectivity index (χ0n) is 13.6. The van der Waals surface area contributed by atoms with Gasteiger partial charge < -0.3 is 0 Å². The molecule has 0 saturated heterocycles. The highest BCUT2D eigenvalue weighted by Gasteiger charge is 2.44. The predicted octanol–water partition coefficient (Wildman–Crippen LogP) is 4.53. The Labute approximate surface area is 128 Å². The standard InChI is InChI=1S/C19H27NO/c1-13-9-10-15(17(21)12-13)19(2,3)16-8-4-6-14-7-5-11-20-18(14)16/h5,7,11,13,15-16H,4,6,8-10,12H2,1-3H3. The van der Waals surface area contributed by atoms with Crippen LogP contribution in [0.5, 0.6) is 0 Å². The number of aryl methyl sites for hydroxylation is 1. The van der Waals surface area contributed by atoms with Crippen molar-refractivity contribution in [1.29, 1.82) is 0 Å². The number of Topliss-reactive ketones (excluding diaryl/α,β-unsaturated/α-hetero) is 1. The van der Waals surface area contributed by atoms with Gasteiger partial charge >= 0.3 is 0 Å². The third-order valence-corrected chi connectivity index (χ3v) is 5.88. The average Bonchev–Trinajstić information content (AvgIpc) is 2.46. The largest absolute Gasteiger partial charge is 0.299 e. The van der Waals surface area contributed by atoms with Gasteiger partial charge in [0, 0.05) is 30.1 Å². The molecule has 1 aromatic heterocycles. The molecule has 1 saturated carbocycles. The Balaban J connectivity index is 1.90. The van der Waals surface area contributed by atoms with E-state index < -0.39 is 0 Å². The number of hydrogen-bond donors (Lipinski definition) is 0. The molecule has 3 atom stereocenters. The van der Waals surface area contributed by atoms with Gasteiger partial charge in [-0.3, -0.25) is 9.78 Å². The zero-order chi connectivity index (χ0) is 15.0. The molecule has 0 radical (unpaired) electrons. The van der Waals surface area contributed by atoms with Crippen LogP contribution in [0.1, 0.15) is 70.1 Å². The first kappa shape index (κ1) is 14.7. The normalized spacial score (nSPS) is 30.0. The molecule has 114 valence electrons. The maximum atomic E-state index is 12.6. The number of fused-ring (bicyclic) bond motifs is 1. The topological polar surface area (TPSA) is 30.0 Å². The summed E-state index contributed by atoms with van der Waals surface area (Å²) < 4.78 is 0. The molecule has 2 aliphatic rings. The molecule has 0 spiro atoms. The number of hydrogen-bond acceptors (Lipinski definition) is 2. The van der Waals surface area contributed by atoms with Crippen LogP contribution in [-0.2, 0) is 11.2 Å². The molecule has 1 aromatic rings. The third kappa shape index (κ3) is 2.65. The first-order valence-electron chi connectivity index (χ1n) is 8.46. The van der Waals surface area contributed by atoms with Crippen molar-refractivity contribution >= 4 is 5.78 Å². The van der Waals surface area contributed by atoms with Crippen LogP contribution in [0.4, 0.5) is 0 Å². The Morgan fingerprint density at radius 2 is 2.00 bits per heavy atom. The van der Waals surface area contributed by atoms with E-state index >= 15 is 0 Å². The van der Waals surface area contributed by atoms with Crippen LogP contribution in [0.3, 0.4) is 0 Å². The molecule has 0 aromatic carbocycles. The van der Waals surface area contributed by atoms with Crippen LogP contribution >= 0.6 is 0 Å². The van der Waals surface area contributed by atoms with E-state index in [1.165, 1.54) is 30.5 Å². The summed E-state index contributed by atoms with van der Waals surface area (Å²) in [6.07, 6.45) is 8.49. The first-order chi connectivity index (χ1) is 10.00. The maximum absolute atomic E-state index is 12.6. The minimum atomic E-state index is 0.0285. The highest BCUT2D eigenvalue weighted by Crippen LogP contribution is 2.50. The van der Waals surface area contributed by atoms with Crippen LogP contribution in [-0.4, -0.2) is 10.8 Å². The summed E-state index contributed by atoms with van der Waals surface area (Å²) >= 11 is 0. The molecule has 2 aliphatic carbocycles. The molecule has 1 heterocycles. The number of ketones is 1. The Kier molecular flexibility index (Phi) is 3.90. The lowest BCUT2D eigenvalue weighted by molar-refractivity contribution is -0.130. The molecule has 0 amide bonds. The highest BCUT2D eigenvalue weighted by molar-refractivity contribution is 5.82. The minimum Gasteiger partial charge on any atom is -0.299 e. The summed E-state index contributed by atoms with van der Waals surface area (Å²) in [5, 5.41) is 0. The fourth-order valence-corrected chi connectivity index (χ4v) is 4.56. The van der Waals surface area contributed by atoms with Gasteiger partial charge in [-0.05, 0) is 55.1 Å². The summed E-state index contributed by atoms with van der Waals surface area (Å²) in [7, 11) is 0. The third-order valence-electron chi connectivity index (χ3n) is 5.88. The molecule has 0 N–H and O–H groups in total. The van der Waals surface area contributed by atoms with Crippen molar-refractivity contribution in [3.8, 4) is 0 Å². The van der Waals surface area contributed by atoms with Gasteiger partial charge in [0.05, 0.1) is 0 Å². The van der Waals surface area contributed by atoms with Gasteiger partial charge in [-0.15, -0.1) is 0 Å². The van der Waals surface area contributed by atoms with Gasteiger partial charge in [0.2, 0.25) is 0 Å². The summed E-state index contributed by atoms with van der Waals surface area (Å²) in [6, 6.07) is 4.26. The molecular formula is C19H27NO.